The number of fused-ring (bicyclic) bond motifs is 1. The number of halogens is 4. The molecule has 1 N–H and O–H groups in total. The van der Waals surface area contributed by atoms with Crippen LogP contribution < -0.4 is 0 Å². The first-order chi connectivity index (χ1) is 9.63. The minimum atomic E-state index is -4.54. The van der Waals surface area contributed by atoms with E-state index in [0.717, 1.165) is 6.07 Å². The molecule has 0 saturated carbocycles. The maximum atomic E-state index is 13.2. The van der Waals surface area contributed by atoms with E-state index in [4.69, 9.17) is 4.55 Å². The van der Waals surface area contributed by atoms with Gasteiger partial charge in [0.15, 0.2) is 0 Å². The van der Waals surface area contributed by atoms with Crippen LogP contribution in [0.25, 0.3) is 10.8 Å². The third-order valence-corrected chi connectivity index (χ3v) is 3.91. The minimum absolute atomic E-state index is 0.00238. The zero-order valence-corrected chi connectivity index (χ0v) is 11.2. The highest BCUT2D eigenvalue weighted by Crippen LogP contribution is 2.32. The molecule has 0 radical (unpaired) electrons. The summed E-state index contributed by atoms with van der Waals surface area (Å²) in [5.41, 5.74) is -0.122. The molecular formula is C13H10F4O3S. The van der Waals surface area contributed by atoms with Gasteiger partial charge in [-0.1, -0.05) is 30.3 Å². The maximum Gasteiger partial charge on any atom is 0.311 e. The van der Waals surface area contributed by atoms with Crippen LogP contribution >= 0.6 is 0 Å². The van der Waals surface area contributed by atoms with Gasteiger partial charge in [-0.3, -0.25) is 4.55 Å². The summed E-state index contributed by atoms with van der Waals surface area (Å²) in [5, 5.41) is 0.0792. The molecule has 21 heavy (non-hydrogen) atoms. The molecule has 0 aromatic heterocycles. The average Bonchev–Trinajstić information content (AvgIpc) is 2.36. The molecule has 114 valence electrons. The lowest BCUT2D eigenvalue weighted by Crippen LogP contribution is -2.29. The van der Waals surface area contributed by atoms with Crippen LogP contribution in [-0.2, 0) is 16.5 Å². The summed E-state index contributed by atoms with van der Waals surface area (Å²) in [5.74, 6) is -4.22. The van der Waals surface area contributed by atoms with E-state index >= 15 is 0 Å². The quantitative estimate of drug-likeness (QED) is 0.692. The Morgan fingerprint density at radius 1 is 1.05 bits per heavy atom. The Bertz CT molecular complexity index is 772. The predicted molar refractivity (Wildman–Crippen MR) is 68.4 cm³/mol. The van der Waals surface area contributed by atoms with Gasteiger partial charge in [-0.2, -0.15) is 17.2 Å². The van der Waals surface area contributed by atoms with Crippen molar-refractivity contribution in [1.29, 1.82) is 0 Å². The van der Waals surface area contributed by atoms with Crippen molar-refractivity contribution in [1.82, 2.24) is 0 Å². The fourth-order valence-electron chi connectivity index (χ4n) is 2.06. The molecule has 0 amide bonds. The minimum Gasteiger partial charge on any atom is -0.282 e. The van der Waals surface area contributed by atoms with E-state index in [0.29, 0.717) is 0 Å². The van der Waals surface area contributed by atoms with Crippen molar-refractivity contribution < 1.29 is 30.5 Å². The fraction of sp³-hybridized carbons (Fsp3) is 0.231. The monoisotopic (exact) mass is 322 g/mol. The van der Waals surface area contributed by atoms with Crippen molar-refractivity contribution >= 4 is 20.9 Å². The molecule has 0 fully saturated rings. The van der Waals surface area contributed by atoms with Crippen molar-refractivity contribution in [2.45, 2.75) is 23.7 Å². The molecule has 0 aliphatic carbocycles. The first-order valence-corrected chi connectivity index (χ1v) is 7.21. The van der Waals surface area contributed by atoms with Crippen LogP contribution in [0, 0.1) is 0 Å². The van der Waals surface area contributed by atoms with Crippen molar-refractivity contribution in [3.63, 3.8) is 0 Å². The number of rotatable bonds is 4. The van der Waals surface area contributed by atoms with Crippen LogP contribution in [0.1, 0.15) is 5.56 Å². The second-order valence-corrected chi connectivity index (χ2v) is 5.87. The molecule has 8 heteroatoms. The summed E-state index contributed by atoms with van der Waals surface area (Å²) in [4.78, 5) is -0.456. The molecule has 3 nitrogen and oxygen atoms in total. The normalized spacial score (nSPS) is 13.0. The fourth-order valence-corrected chi connectivity index (χ4v) is 2.76. The molecule has 2 aromatic rings. The molecule has 2 aromatic carbocycles. The summed E-state index contributed by atoms with van der Waals surface area (Å²) >= 11 is 0. The van der Waals surface area contributed by atoms with Gasteiger partial charge in [-0.05, 0) is 17.0 Å². The van der Waals surface area contributed by atoms with Gasteiger partial charge in [0.05, 0.1) is 0 Å². The van der Waals surface area contributed by atoms with Crippen LogP contribution in [0.5, 0.6) is 0 Å². The predicted octanol–water partition coefficient (Wildman–Crippen LogP) is 3.53. The van der Waals surface area contributed by atoms with E-state index in [1.54, 1.807) is 0 Å². The van der Waals surface area contributed by atoms with Gasteiger partial charge in [-0.25, -0.2) is 8.78 Å². The number of hydrogen-bond donors (Lipinski definition) is 1. The van der Waals surface area contributed by atoms with Crippen molar-refractivity contribution in [2.24, 2.45) is 0 Å². The number of alkyl halides is 4. The first-order valence-electron chi connectivity index (χ1n) is 5.77. The molecule has 2 rings (SSSR count). The zero-order chi connectivity index (χ0) is 15.8. The topological polar surface area (TPSA) is 54.4 Å². The summed E-state index contributed by atoms with van der Waals surface area (Å²) in [6.45, 7) is 0. The second-order valence-electron chi connectivity index (χ2n) is 4.48. The average molecular weight is 322 g/mol. The lowest BCUT2D eigenvalue weighted by Gasteiger charge is -2.16. The SMILES string of the molecule is O=S(=O)(O)c1cccc2c(CC(F)(F)C(F)F)cccc12. The molecule has 0 bridgehead atoms. The third kappa shape index (κ3) is 3.16. The second kappa shape index (κ2) is 5.27. The van der Waals surface area contributed by atoms with E-state index in [1.807, 2.05) is 0 Å². The van der Waals surface area contributed by atoms with Crippen LogP contribution in [0.15, 0.2) is 41.3 Å². The highest BCUT2D eigenvalue weighted by Gasteiger charge is 2.41. The van der Waals surface area contributed by atoms with Crippen molar-refractivity contribution in [2.75, 3.05) is 0 Å². The smallest absolute Gasteiger partial charge is 0.282 e. The zero-order valence-electron chi connectivity index (χ0n) is 10.4. The standard InChI is InChI=1S/C13H10F4O3S/c14-12(15)13(16,17)7-8-3-1-5-10-9(8)4-2-6-11(10)21(18,19)20/h1-6,12H,7H2,(H,18,19,20). The lowest BCUT2D eigenvalue weighted by molar-refractivity contribution is -0.126. The highest BCUT2D eigenvalue weighted by molar-refractivity contribution is 7.86. The Kier molecular flexibility index (Phi) is 3.94. The molecule has 0 aliphatic rings. The van der Waals surface area contributed by atoms with Gasteiger partial charge >= 0.3 is 12.3 Å². The molecule has 0 atom stereocenters. The van der Waals surface area contributed by atoms with Crippen LogP contribution in [0.2, 0.25) is 0 Å². The van der Waals surface area contributed by atoms with Crippen molar-refractivity contribution in [3.8, 4) is 0 Å². The molecule has 0 aliphatic heterocycles. The Labute approximate surface area is 117 Å². The van der Waals surface area contributed by atoms with E-state index in [-0.39, 0.29) is 16.3 Å². The van der Waals surface area contributed by atoms with E-state index in [9.17, 15) is 26.0 Å². The summed E-state index contributed by atoms with van der Waals surface area (Å²) in [6, 6.07) is 7.48. The van der Waals surface area contributed by atoms with Gasteiger partial charge in [0, 0.05) is 11.8 Å². The Balaban J connectivity index is 2.64. The van der Waals surface area contributed by atoms with Gasteiger partial charge in [0.25, 0.3) is 10.1 Å². The summed E-state index contributed by atoms with van der Waals surface area (Å²) < 4.78 is 82.5. The van der Waals surface area contributed by atoms with E-state index < -0.39 is 33.8 Å². The number of hydrogen-bond acceptors (Lipinski definition) is 2. The Morgan fingerprint density at radius 2 is 1.62 bits per heavy atom. The van der Waals surface area contributed by atoms with Gasteiger partial charge in [0.2, 0.25) is 0 Å². The van der Waals surface area contributed by atoms with E-state index in [2.05, 4.69) is 0 Å². The highest BCUT2D eigenvalue weighted by atomic mass is 32.2. The van der Waals surface area contributed by atoms with Crippen LogP contribution in [0.3, 0.4) is 0 Å². The lowest BCUT2D eigenvalue weighted by atomic mass is 9.99. The van der Waals surface area contributed by atoms with E-state index in [1.165, 1.54) is 30.3 Å². The molecule has 0 saturated heterocycles. The van der Waals surface area contributed by atoms with Crippen molar-refractivity contribution in [3.05, 3.63) is 42.0 Å². The summed E-state index contributed by atoms with van der Waals surface area (Å²) in [6.07, 6.45) is -5.05. The summed E-state index contributed by atoms with van der Waals surface area (Å²) in [7, 11) is -4.54. The van der Waals surface area contributed by atoms with Crippen LogP contribution in [0.4, 0.5) is 17.6 Å². The Morgan fingerprint density at radius 3 is 2.19 bits per heavy atom. The maximum absolute atomic E-state index is 13.2. The molecule has 0 heterocycles. The Hall–Kier alpha value is -1.67. The molecule has 0 unspecified atom stereocenters. The van der Waals surface area contributed by atoms with Gasteiger partial charge < -0.3 is 0 Å². The van der Waals surface area contributed by atoms with Gasteiger partial charge in [-0.15, -0.1) is 0 Å². The third-order valence-electron chi connectivity index (χ3n) is 3.00. The first kappa shape index (κ1) is 15.7. The molecule has 0 spiro atoms. The number of benzene rings is 2. The van der Waals surface area contributed by atoms with Gasteiger partial charge in [0.1, 0.15) is 4.90 Å². The van der Waals surface area contributed by atoms with Crippen LogP contribution in [-0.4, -0.2) is 25.3 Å². The molecular weight excluding hydrogens is 312 g/mol. The largest absolute Gasteiger partial charge is 0.311 e.